The van der Waals surface area contributed by atoms with E-state index >= 15 is 0 Å². The molecule has 102 valence electrons. The summed E-state index contributed by atoms with van der Waals surface area (Å²) in [5.41, 5.74) is 0. The molecule has 0 saturated carbocycles. The average molecular weight is 250 g/mol. The highest BCUT2D eigenvalue weighted by molar-refractivity contribution is 4.99. The van der Waals surface area contributed by atoms with E-state index in [-0.39, 0.29) is 0 Å². The summed E-state index contributed by atoms with van der Waals surface area (Å²) in [4.78, 5) is 5.38. The molecule has 4 nitrogen and oxygen atoms in total. The van der Waals surface area contributed by atoms with Crippen LogP contribution in [0.3, 0.4) is 0 Å². The molecule has 0 aromatic heterocycles. The molecule has 3 aliphatic rings. The SMILES string of the molecule is C1=CC(N2CCC(N3CCNCC3)CC2)CCN1. The summed E-state index contributed by atoms with van der Waals surface area (Å²) < 4.78 is 0. The topological polar surface area (TPSA) is 30.5 Å². The molecule has 2 saturated heterocycles. The largest absolute Gasteiger partial charge is 0.391 e. The molecule has 0 amide bonds. The Bertz CT molecular complexity index is 278. The third kappa shape index (κ3) is 2.87. The smallest absolute Gasteiger partial charge is 0.0311 e. The van der Waals surface area contributed by atoms with Crippen LogP contribution < -0.4 is 10.6 Å². The number of piperidine rings is 1. The monoisotopic (exact) mass is 250 g/mol. The van der Waals surface area contributed by atoms with Crippen LogP contribution in [-0.2, 0) is 0 Å². The summed E-state index contributed by atoms with van der Waals surface area (Å²) in [7, 11) is 0. The molecule has 0 aromatic carbocycles. The van der Waals surface area contributed by atoms with Crippen molar-refractivity contribution in [2.24, 2.45) is 0 Å². The van der Waals surface area contributed by atoms with Gasteiger partial charge in [0.1, 0.15) is 0 Å². The lowest BCUT2D eigenvalue weighted by molar-refractivity contribution is 0.0834. The van der Waals surface area contributed by atoms with Crippen molar-refractivity contribution in [3.63, 3.8) is 0 Å². The van der Waals surface area contributed by atoms with Gasteiger partial charge in [-0.2, -0.15) is 0 Å². The molecule has 1 unspecified atom stereocenters. The van der Waals surface area contributed by atoms with Crippen molar-refractivity contribution >= 4 is 0 Å². The van der Waals surface area contributed by atoms with E-state index < -0.39 is 0 Å². The van der Waals surface area contributed by atoms with E-state index in [1.807, 2.05) is 0 Å². The summed E-state index contributed by atoms with van der Waals surface area (Å²) in [5, 5.41) is 6.74. The maximum atomic E-state index is 3.45. The fourth-order valence-corrected chi connectivity index (χ4v) is 3.52. The Kier molecular flexibility index (Phi) is 4.18. The molecular weight excluding hydrogens is 224 g/mol. The molecule has 4 heteroatoms. The van der Waals surface area contributed by atoms with Crippen molar-refractivity contribution < 1.29 is 0 Å². The van der Waals surface area contributed by atoms with Crippen molar-refractivity contribution in [1.29, 1.82) is 0 Å². The minimum Gasteiger partial charge on any atom is -0.391 e. The molecule has 3 aliphatic heterocycles. The highest BCUT2D eigenvalue weighted by atomic mass is 15.2. The number of hydrogen-bond donors (Lipinski definition) is 2. The van der Waals surface area contributed by atoms with E-state index in [1.165, 1.54) is 58.5 Å². The van der Waals surface area contributed by atoms with Crippen molar-refractivity contribution in [3.05, 3.63) is 12.3 Å². The van der Waals surface area contributed by atoms with Gasteiger partial charge in [-0.15, -0.1) is 0 Å². The zero-order valence-electron chi connectivity index (χ0n) is 11.3. The predicted octanol–water partition coefficient (Wildman–Crippen LogP) is 0.232. The lowest BCUT2D eigenvalue weighted by Gasteiger charge is -2.42. The first-order valence-electron chi connectivity index (χ1n) is 7.52. The number of rotatable bonds is 2. The van der Waals surface area contributed by atoms with Gasteiger partial charge in [-0.25, -0.2) is 0 Å². The quantitative estimate of drug-likeness (QED) is 0.735. The molecule has 2 N–H and O–H groups in total. The Morgan fingerprint density at radius 3 is 2.28 bits per heavy atom. The van der Waals surface area contributed by atoms with E-state index in [9.17, 15) is 0 Å². The zero-order valence-corrected chi connectivity index (χ0v) is 11.3. The predicted molar refractivity (Wildman–Crippen MR) is 74.6 cm³/mol. The van der Waals surface area contributed by atoms with Crippen molar-refractivity contribution in [2.45, 2.75) is 31.3 Å². The van der Waals surface area contributed by atoms with Crippen LogP contribution in [0.4, 0.5) is 0 Å². The van der Waals surface area contributed by atoms with Crippen LogP contribution in [0.25, 0.3) is 0 Å². The average Bonchev–Trinajstić information content (AvgIpc) is 2.49. The van der Waals surface area contributed by atoms with Gasteiger partial charge in [-0.05, 0) is 25.5 Å². The number of nitrogens with one attached hydrogen (secondary N) is 2. The highest BCUT2D eigenvalue weighted by Crippen LogP contribution is 2.20. The van der Waals surface area contributed by atoms with E-state index in [1.54, 1.807) is 0 Å². The van der Waals surface area contributed by atoms with E-state index in [0.29, 0.717) is 6.04 Å². The van der Waals surface area contributed by atoms with Gasteiger partial charge in [-0.3, -0.25) is 9.80 Å². The molecule has 2 fully saturated rings. The fraction of sp³-hybridized carbons (Fsp3) is 0.857. The molecule has 3 heterocycles. The van der Waals surface area contributed by atoms with Crippen LogP contribution in [-0.4, -0.2) is 67.7 Å². The van der Waals surface area contributed by atoms with Gasteiger partial charge in [0, 0.05) is 57.9 Å². The van der Waals surface area contributed by atoms with Crippen LogP contribution in [0, 0.1) is 0 Å². The first-order valence-corrected chi connectivity index (χ1v) is 7.52. The summed E-state index contributed by atoms with van der Waals surface area (Å²) in [6.45, 7) is 8.55. The van der Waals surface area contributed by atoms with Crippen LogP contribution in [0.2, 0.25) is 0 Å². The normalized spacial score (nSPS) is 32.3. The first-order chi connectivity index (χ1) is 8.93. The van der Waals surface area contributed by atoms with Crippen LogP contribution in [0.5, 0.6) is 0 Å². The second kappa shape index (κ2) is 6.04. The minimum atomic E-state index is 0.690. The van der Waals surface area contributed by atoms with E-state index in [2.05, 4.69) is 32.7 Å². The minimum absolute atomic E-state index is 0.690. The number of likely N-dealkylation sites (tertiary alicyclic amines) is 1. The highest BCUT2D eigenvalue weighted by Gasteiger charge is 2.28. The molecule has 0 aromatic rings. The Morgan fingerprint density at radius 1 is 0.833 bits per heavy atom. The molecular formula is C14H26N4. The van der Waals surface area contributed by atoms with Gasteiger partial charge in [0.05, 0.1) is 0 Å². The Balaban J connectivity index is 1.48. The maximum absolute atomic E-state index is 3.45. The molecule has 0 aliphatic carbocycles. The molecule has 18 heavy (non-hydrogen) atoms. The van der Waals surface area contributed by atoms with Gasteiger partial charge in [0.15, 0.2) is 0 Å². The Hall–Kier alpha value is -0.580. The van der Waals surface area contributed by atoms with Crippen molar-refractivity contribution in [2.75, 3.05) is 45.8 Å². The first kappa shape index (κ1) is 12.5. The van der Waals surface area contributed by atoms with Gasteiger partial charge in [0.25, 0.3) is 0 Å². The second-order valence-electron chi connectivity index (χ2n) is 5.72. The van der Waals surface area contributed by atoms with Gasteiger partial charge < -0.3 is 10.6 Å². The van der Waals surface area contributed by atoms with Gasteiger partial charge in [-0.1, -0.05) is 6.08 Å². The summed E-state index contributed by atoms with van der Waals surface area (Å²) in [5.74, 6) is 0. The Labute approximate surface area is 110 Å². The van der Waals surface area contributed by atoms with Crippen molar-refractivity contribution in [1.82, 2.24) is 20.4 Å². The fourth-order valence-electron chi connectivity index (χ4n) is 3.52. The lowest BCUT2D eigenvalue weighted by Crippen LogP contribution is -2.53. The van der Waals surface area contributed by atoms with Crippen molar-refractivity contribution in [3.8, 4) is 0 Å². The van der Waals surface area contributed by atoms with Crippen LogP contribution in [0.15, 0.2) is 12.3 Å². The lowest BCUT2D eigenvalue weighted by atomic mass is 9.99. The second-order valence-corrected chi connectivity index (χ2v) is 5.72. The van der Waals surface area contributed by atoms with Crippen LogP contribution in [0.1, 0.15) is 19.3 Å². The maximum Gasteiger partial charge on any atom is 0.0311 e. The number of hydrogen-bond acceptors (Lipinski definition) is 4. The number of nitrogens with zero attached hydrogens (tertiary/aromatic N) is 2. The Morgan fingerprint density at radius 2 is 1.61 bits per heavy atom. The molecule has 0 spiro atoms. The summed E-state index contributed by atoms with van der Waals surface area (Å²) in [6.07, 6.45) is 8.47. The summed E-state index contributed by atoms with van der Waals surface area (Å²) >= 11 is 0. The number of piperazine rings is 1. The van der Waals surface area contributed by atoms with E-state index in [4.69, 9.17) is 0 Å². The third-order valence-corrected chi connectivity index (χ3v) is 4.66. The molecule has 1 atom stereocenters. The van der Waals surface area contributed by atoms with E-state index in [0.717, 1.165) is 12.6 Å². The zero-order chi connectivity index (χ0) is 12.2. The molecule has 0 bridgehead atoms. The summed E-state index contributed by atoms with van der Waals surface area (Å²) in [6, 6.07) is 1.53. The standard InChI is InChI=1S/C14H26N4/c1-5-15-6-2-13(1)17-9-3-14(4-10-17)18-11-7-16-8-12-18/h1,5,13-16H,2-4,6-12H2. The van der Waals surface area contributed by atoms with Gasteiger partial charge >= 0.3 is 0 Å². The third-order valence-electron chi connectivity index (χ3n) is 4.66. The molecule has 3 rings (SSSR count). The van der Waals surface area contributed by atoms with Crippen LogP contribution >= 0.6 is 0 Å². The van der Waals surface area contributed by atoms with Gasteiger partial charge in [0.2, 0.25) is 0 Å². The molecule has 0 radical (unpaired) electrons.